The molecular weight excluding hydrogens is 368 g/mol. The van der Waals surface area contributed by atoms with Crippen LogP contribution in [0.25, 0.3) is 0 Å². The summed E-state index contributed by atoms with van der Waals surface area (Å²) in [5.41, 5.74) is 3.81. The lowest BCUT2D eigenvalue weighted by atomic mass is 9.94. The molecule has 1 aromatic rings. The van der Waals surface area contributed by atoms with E-state index in [1.807, 2.05) is 6.08 Å². The molecule has 1 nitrogen and oxygen atoms in total. The summed E-state index contributed by atoms with van der Waals surface area (Å²) in [5.74, 6) is 2.78. The van der Waals surface area contributed by atoms with Crippen LogP contribution in [-0.2, 0) is 0 Å². The van der Waals surface area contributed by atoms with Crippen molar-refractivity contribution < 1.29 is 4.74 Å². The Kier molecular flexibility index (Phi) is 7.62. The SMILES string of the molecule is C=CCOc1c(C)cccc1[Si](CC)(CC)C1C2=CC=CCC2CC1CCCC. The molecule has 0 radical (unpaired) electrons. The Morgan fingerprint density at radius 2 is 2.00 bits per heavy atom. The van der Waals surface area contributed by atoms with Crippen LogP contribution in [0.1, 0.15) is 58.4 Å². The Bertz CT molecular complexity index is 756. The van der Waals surface area contributed by atoms with Crippen molar-refractivity contribution in [2.45, 2.75) is 77.4 Å². The second-order valence-electron chi connectivity index (χ2n) is 9.06. The van der Waals surface area contributed by atoms with Gasteiger partial charge in [-0.2, -0.15) is 0 Å². The minimum atomic E-state index is -1.80. The van der Waals surface area contributed by atoms with E-state index < -0.39 is 8.07 Å². The summed E-state index contributed by atoms with van der Waals surface area (Å²) in [5, 5.41) is 1.56. The first kappa shape index (κ1) is 22.1. The first-order chi connectivity index (χ1) is 14.1. The van der Waals surface area contributed by atoms with Crippen molar-refractivity contribution in [3.8, 4) is 5.75 Å². The van der Waals surface area contributed by atoms with E-state index in [4.69, 9.17) is 4.74 Å². The molecule has 3 atom stereocenters. The number of benzene rings is 1. The van der Waals surface area contributed by atoms with Crippen LogP contribution in [0.4, 0.5) is 0 Å². The Labute approximate surface area is 180 Å². The van der Waals surface area contributed by atoms with Crippen molar-refractivity contribution in [1.82, 2.24) is 0 Å². The molecule has 0 N–H and O–H groups in total. The molecule has 0 saturated heterocycles. The van der Waals surface area contributed by atoms with Gasteiger partial charge in [0, 0.05) is 0 Å². The first-order valence-electron chi connectivity index (χ1n) is 11.8. The molecule has 0 bridgehead atoms. The number of fused-ring (bicyclic) bond motifs is 1. The van der Waals surface area contributed by atoms with Crippen LogP contribution in [0, 0.1) is 18.8 Å². The Balaban J connectivity index is 2.13. The molecule has 158 valence electrons. The lowest BCUT2D eigenvalue weighted by molar-refractivity contribution is 0.363. The highest BCUT2D eigenvalue weighted by Gasteiger charge is 2.51. The van der Waals surface area contributed by atoms with Crippen LogP contribution in [0.3, 0.4) is 0 Å². The fraction of sp³-hybridized carbons (Fsp3) is 0.556. The van der Waals surface area contributed by atoms with Crippen LogP contribution in [0.5, 0.6) is 5.75 Å². The van der Waals surface area contributed by atoms with E-state index in [2.05, 4.69) is 70.7 Å². The molecule has 29 heavy (non-hydrogen) atoms. The van der Waals surface area contributed by atoms with Crippen LogP contribution >= 0.6 is 0 Å². The normalized spacial score (nSPS) is 23.6. The van der Waals surface area contributed by atoms with Gasteiger partial charge in [-0.1, -0.05) is 107 Å². The van der Waals surface area contributed by atoms with E-state index in [0.717, 1.165) is 23.1 Å². The number of rotatable bonds is 10. The van der Waals surface area contributed by atoms with Crippen molar-refractivity contribution >= 4 is 13.3 Å². The zero-order chi connectivity index (χ0) is 20.9. The van der Waals surface area contributed by atoms with Crippen LogP contribution in [0.2, 0.25) is 17.6 Å². The highest BCUT2D eigenvalue weighted by atomic mass is 28.3. The second kappa shape index (κ2) is 9.98. The van der Waals surface area contributed by atoms with Gasteiger partial charge in [0.1, 0.15) is 12.4 Å². The third kappa shape index (κ3) is 4.19. The highest BCUT2D eigenvalue weighted by Crippen LogP contribution is 2.56. The van der Waals surface area contributed by atoms with Crippen molar-refractivity contribution in [2.75, 3.05) is 6.61 Å². The molecule has 0 amide bonds. The monoisotopic (exact) mass is 408 g/mol. The Morgan fingerprint density at radius 1 is 1.21 bits per heavy atom. The number of ether oxygens (including phenoxy) is 1. The molecular formula is C27H40OSi. The van der Waals surface area contributed by atoms with E-state index in [9.17, 15) is 0 Å². The summed E-state index contributed by atoms with van der Waals surface area (Å²) < 4.78 is 6.32. The van der Waals surface area contributed by atoms with E-state index >= 15 is 0 Å². The average Bonchev–Trinajstić information content (AvgIpc) is 3.12. The molecule has 0 heterocycles. The van der Waals surface area contributed by atoms with Gasteiger partial charge in [-0.05, 0) is 47.9 Å². The minimum Gasteiger partial charge on any atom is -0.489 e. The maximum Gasteiger partial charge on any atom is 0.121 e. The third-order valence-corrected chi connectivity index (χ3v) is 13.6. The predicted molar refractivity (Wildman–Crippen MR) is 130 cm³/mol. The second-order valence-corrected chi connectivity index (χ2v) is 13.9. The van der Waals surface area contributed by atoms with Gasteiger partial charge >= 0.3 is 0 Å². The zero-order valence-corrected chi connectivity index (χ0v) is 20.0. The topological polar surface area (TPSA) is 9.23 Å². The molecule has 1 aromatic carbocycles. The fourth-order valence-corrected chi connectivity index (χ4v) is 12.0. The van der Waals surface area contributed by atoms with Crippen molar-refractivity contribution in [3.63, 3.8) is 0 Å². The molecule has 2 aliphatic rings. The average molecular weight is 409 g/mol. The third-order valence-electron chi connectivity index (χ3n) is 7.61. The van der Waals surface area contributed by atoms with Gasteiger partial charge in [0.05, 0.1) is 8.07 Å². The maximum absolute atomic E-state index is 6.32. The summed E-state index contributed by atoms with van der Waals surface area (Å²) in [6.07, 6.45) is 15.8. The van der Waals surface area contributed by atoms with E-state index in [1.54, 1.807) is 10.8 Å². The lowest BCUT2D eigenvalue weighted by Crippen LogP contribution is -2.53. The lowest BCUT2D eigenvalue weighted by Gasteiger charge is -2.42. The Hall–Kier alpha value is -1.54. The molecule has 0 aromatic heterocycles. The minimum absolute atomic E-state index is 0.591. The van der Waals surface area contributed by atoms with Gasteiger partial charge in [0.2, 0.25) is 0 Å². The zero-order valence-electron chi connectivity index (χ0n) is 19.0. The molecule has 2 aliphatic carbocycles. The number of hydrogen-bond acceptors (Lipinski definition) is 1. The largest absolute Gasteiger partial charge is 0.489 e. The van der Waals surface area contributed by atoms with E-state index in [-0.39, 0.29) is 0 Å². The number of para-hydroxylation sites is 1. The summed E-state index contributed by atoms with van der Waals surface area (Å²) in [6, 6.07) is 9.47. The van der Waals surface area contributed by atoms with Crippen molar-refractivity contribution in [2.24, 2.45) is 11.8 Å². The molecule has 0 spiro atoms. The molecule has 1 fully saturated rings. The van der Waals surface area contributed by atoms with E-state index in [0.29, 0.717) is 6.61 Å². The molecule has 3 unspecified atom stereocenters. The van der Waals surface area contributed by atoms with Gasteiger partial charge < -0.3 is 4.74 Å². The fourth-order valence-electron chi connectivity index (χ4n) is 6.20. The number of allylic oxidation sites excluding steroid dienone is 4. The summed E-state index contributed by atoms with van der Waals surface area (Å²) in [7, 11) is -1.80. The summed E-state index contributed by atoms with van der Waals surface area (Å²) >= 11 is 0. The summed E-state index contributed by atoms with van der Waals surface area (Å²) in [4.78, 5) is 0. The van der Waals surface area contributed by atoms with Gasteiger partial charge in [-0.25, -0.2) is 0 Å². The molecule has 0 aliphatic heterocycles. The quantitative estimate of drug-likeness (QED) is 0.291. The number of hydrogen-bond donors (Lipinski definition) is 0. The Morgan fingerprint density at radius 3 is 2.69 bits per heavy atom. The van der Waals surface area contributed by atoms with Gasteiger partial charge in [0.25, 0.3) is 0 Å². The van der Waals surface area contributed by atoms with Crippen molar-refractivity contribution in [1.29, 1.82) is 0 Å². The van der Waals surface area contributed by atoms with E-state index in [1.165, 1.54) is 49.8 Å². The van der Waals surface area contributed by atoms with Gasteiger partial charge in [-0.3, -0.25) is 0 Å². The van der Waals surface area contributed by atoms with Crippen LogP contribution < -0.4 is 9.92 Å². The molecule has 3 rings (SSSR count). The summed E-state index contributed by atoms with van der Waals surface area (Å²) in [6.45, 7) is 13.9. The van der Waals surface area contributed by atoms with Crippen LogP contribution in [-0.4, -0.2) is 14.7 Å². The number of unbranched alkanes of at least 4 members (excludes halogenated alkanes) is 1. The van der Waals surface area contributed by atoms with Gasteiger partial charge in [0.15, 0.2) is 0 Å². The predicted octanol–water partition coefficient (Wildman–Crippen LogP) is 7.34. The molecule has 2 heteroatoms. The van der Waals surface area contributed by atoms with Crippen molar-refractivity contribution in [3.05, 3.63) is 60.2 Å². The first-order valence-corrected chi connectivity index (χ1v) is 14.3. The van der Waals surface area contributed by atoms with Gasteiger partial charge in [-0.15, -0.1) is 0 Å². The van der Waals surface area contributed by atoms with Crippen LogP contribution in [0.15, 0.2) is 54.7 Å². The molecule has 1 saturated carbocycles. The highest BCUT2D eigenvalue weighted by molar-refractivity contribution is 6.94. The maximum atomic E-state index is 6.32. The standard InChI is InChI=1S/C27H40OSi/c1-6-10-15-23-20-22-16-11-12-17-24(22)27(23)29(8-3,9-4)25-18-13-14-21(5)26(25)28-19-7-2/h7,11-14,17-18,22-23,27H,2,6,8-10,15-16,19-20H2,1,3-5H3. The smallest absolute Gasteiger partial charge is 0.121 e. The number of aryl methyl sites for hydroxylation is 1.